The fourth-order valence-electron chi connectivity index (χ4n) is 4.37. The van der Waals surface area contributed by atoms with Crippen LogP contribution in [0.15, 0.2) is 18.2 Å². The average molecular weight is 401 g/mol. The maximum absolute atomic E-state index is 12.8. The number of hydrogen-bond acceptors (Lipinski definition) is 4. The number of piperidine rings is 1. The van der Waals surface area contributed by atoms with Crippen LogP contribution in [-0.2, 0) is 22.6 Å². The lowest BCUT2D eigenvalue weighted by Gasteiger charge is -2.29. The van der Waals surface area contributed by atoms with Crippen molar-refractivity contribution in [3.05, 3.63) is 34.9 Å². The van der Waals surface area contributed by atoms with Crippen LogP contribution >= 0.6 is 0 Å². The van der Waals surface area contributed by atoms with Crippen LogP contribution < -0.4 is 5.32 Å². The highest BCUT2D eigenvalue weighted by molar-refractivity contribution is 6.05. The van der Waals surface area contributed by atoms with Crippen molar-refractivity contribution in [3.63, 3.8) is 0 Å². The Morgan fingerprint density at radius 1 is 0.966 bits per heavy atom. The van der Waals surface area contributed by atoms with Crippen molar-refractivity contribution < 1.29 is 19.5 Å². The summed E-state index contributed by atoms with van der Waals surface area (Å²) in [6.07, 6.45) is 10.8. The number of imide groups is 1. The maximum Gasteiger partial charge on any atom is 0.255 e. The van der Waals surface area contributed by atoms with E-state index in [4.69, 9.17) is 5.11 Å². The Morgan fingerprint density at radius 3 is 2.34 bits per heavy atom. The molecule has 1 atom stereocenters. The van der Waals surface area contributed by atoms with Gasteiger partial charge < -0.3 is 10.0 Å². The molecule has 2 heterocycles. The first kappa shape index (κ1) is 21.5. The molecule has 6 heteroatoms. The lowest BCUT2D eigenvalue weighted by Crippen LogP contribution is -2.52. The second kappa shape index (κ2) is 10.5. The molecule has 0 aromatic heterocycles. The highest BCUT2D eigenvalue weighted by Gasteiger charge is 2.39. The summed E-state index contributed by atoms with van der Waals surface area (Å²) in [6.45, 7) is 0.756. The second-order valence-electron chi connectivity index (χ2n) is 8.15. The van der Waals surface area contributed by atoms with Gasteiger partial charge in [-0.2, -0.15) is 0 Å². The second-order valence-corrected chi connectivity index (χ2v) is 8.15. The van der Waals surface area contributed by atoms with Gasteiger partial charge in [0.2, 0.25) is 11.8 Å². The molecule has 6 nitrogen and oxygen atoms in total. The first-order chi connectivity index (χ1) is 14.1. The summed E-state index contributed by atoms with van der Waals surface area (Å²) in [6, 6.07) is 5.32. The molecule has 2 N–H and O–H groups in total. The predicted octanol–water partition coefficient (Wildman–Crippen LogP) is 3.10. The van der Waals surface area contributed by atoms with Crippen LogP contribution in [0.3, 0.4) is 0 Å². The number of carbonyl (C=O) groups is 3. The van der Waals surface area contributed by atoms with Crippen LogP contribution in [0.5, 0.6) is 0 Å². The molecule has 3 amide bonds. The van der Waals surface area contributed by atoms with E-state index in [1.54, 1.807) is 4.90 Å². The highest BCUT2D eigenvalue weighted by Crippen LogP contribution is 2.30. The molecular formula is C23H32N2O4. The van der Waals surface area contributed by atoms with E-state index in [-0.39, 0.29) is 24.1 Å². The summed E-state index contributed by atoms with van der Waals surface area (Å²) in [5, 5.41) is 11.1. The summed E-state index contributed by atoms with van der Waals surface area (Å²) in [5.41, 5.74) is 2.95. The van der Waals surface area contributed by atoms with Crippen molar-refractivity contribution >= 4 is 17.7 Å². The summed E-state index contributed by atoms with van der Waals surface area (Å²) < 4.78 is 0. The molecule has 2 aliphatic rings. The predicted molar refractivity (Wildman–Crippen MR) is 110 cm³/mol. The molecule has 1 aromatic rings. The minimum absolute atomic E-state index is 0.0979. The molecule has 1 fully saturated rings. The number of nitrogens with one attached hydrogen (secondary N) is 1. The Kier molecular flexibility index (Phi) is 7.81. The number of fused-ring (bicyclic) bond motifs is 1. The van der Waals surface area contributed by atoms with E-state index in [0.29, 0.717) is 25.1 Å². The zero-order valence-corrected chi connectivity index (χ0v) is 17.1. The van der Waals surface area contributed by atoms with Crippen molar-refractivity contribution in [3.8, 4) is 0 Å². The van der Waals surface area contributed by atoms with Crippen LogP contribution in [0.1, 0.15) is 85.7 Å². The van der Waals surface area contributed by atoms with Gasteiger partial charge in [-0.15, -0.1) is 0 Å². The Hall–Kier alpha value is -2.21. The number of benzene rings is 1. The van der Waals surface area contributed by atoms with Crippen molar-refractivity contribution in [2.75, 3.05) is 6.61 Å². The number of aliphatic hydroxyl groups is 1. The van der Waals surface area contributed by atoms with Gasteiger partial charge in [0, 0.05) is 25.1 Å². The molecule has 2 aliphatic heterocycles. The van der Waals surface area contributed by atoms with Gasteiger partial charge >= 0.3 is 0 Å². The average Bonchev–Trinajstić information content (AvgIpc) is 3.04. The van der Waals surface area contributed by atoms with E-state index in [9.17, 15) is 14.4 Å². The van der Waals surface area contributed by atoms with Crippen LogP contribution in [0.4, 0.5) is 0 Å². The number of nitrogens with zero attached hydrogens (tertiary/aromatic N) is 1. The number of amides is 3. The Morgan fingerprint density at radius 2 is 1.66 bits per heavy atom. The minimum atomic E-state index is -0.550. The van der Waals surface area contributed by atoms with E-state index >= 15 is 0 Å². The summed E-state index contributed by atoms with van der Waals surface area (Å²) in [7, 11) is 0. The van der Waals surface area contributed by atoms with Crippen LogP contribution in [-0.4, -0.2) is 40.4 Å². The van der Waals surface area contributed by atoms with E-state index < -0.39 is 6.04 Å². The fraction of sp³-hybridized carbons (Fsp3) is 0.609. The number of carbonyl (C=O) groups excluding carboxylic acids is 3. The third kappa shape index (κ3) is 5.44. The van der Waals surface area contributed by atoms with Crippen molar-refractivity contribution in [2.24, 2.45) is 0 Å². The fourth-order valence-corrected chi connectivity index (χ4v) is 4.37. The van der Waals surface area contributed by atoms with Gasteiger partial charge in [0.15, 0.2) is 0 Å². The normalized spacial score (nSPS) is 18.9. The highest BCUT2D eigenvalue weighted by atomic mass is 16.3. The SMILES string of the molecule is O=C1CCC(N2Cc3c(CCCCCCCCCCO)cccc3C2=O)C(=O)N1. The quantitative estimate of drug-likeness (QED) is 0.441. The minimum Gasteiger partial charge on any atom is -0.396 e. The monoisotopic (exact) mass is 400 g/mol. The van der Waals surface area contributed by atoms with Crippen LogP contribution in [0, 0.1) is 0 Å². The molecule has 1 saturated heterocycles. The Bertz CT molecular complexity index is 746. The Balaban J connectivity index is 1.49. The molecular weight excluding hydrogens is 368 g/mol. The molecule has 3 rings (SSSR count). The number of unbranched alkanes of at least 4 members (excludes halogenated alkanes) is 7. The van der Waals surface area contributed by atoms with Crippen molar-refractivity contribution in [1.82, 2.24) is 10.2 Å². The maximum atomic E-state index is 12.8. The first-order valence-corrected chi connectivity index (χ1v) is 11.0. The molecule has 0 spiro atoms. The topological polar surface area (TPSA) is 86.7 Å². The Labute approximate surface area is 172 Å². The molecule has 1 aromatic carbocycles. The summed E-state index contributed by atoms with van der Waals surface area (Å²) in [4.78, 5) is 38.1. The third-order valence-electron chi connectivity index (χ3n) is 6.03. The van der Waals surface area contributed by atoms with Crippen LogP contribution in [0.25, 0.3) is 0 Å². The van der Waals surface area contributed by atoms with E-state index in [1.807, 2.05) is 12.1 Å². The molecule has 0 aliphatic carbocycles. The van der Waals surface area contributed by atoms with Gasteiger partial charge in [-0.25, -0.2) is 0 Å². The summed E-state index contributed by atoms with van der Waals surface area (Å²) >= 11 is 0. The van der Waals surface area contributed by atoms with Gasteiger partial charge in [0.05, 0.1) is 0 Å². The van der Waals surface area contributed by atoms with Gasteiger partial charge in [-0.3, -0.25) is 19.7 Å². The standard InChI is InChI=1S/C23H32N2O4/c26-15-8-6-4-2-1-3-5-7-10-17-11-9-12-18-19(17)16-25(23(18)29)20-13-14-21(27)24-22(20)28/h9,11-12,20,26H,1-8,10,13-16H2,(H,24,27,28). The molecule has 0 saturated carbocycles. The zero-order valence-electron chi connectivity index (χ0n) is 17.1. The molecule has 0 radical (unpaired) electrons. The lowest BCUT2D eigenvalue weighted by molar-refractivity contribution is -0.136. The van der Waals surface area contributed by atoms with E-state index in [1.165, 1.54) is 37.7 Å². The molecule has 0 bridgehead atoms. The third-order valence-corrected chi connectivity index (χ3v) is 6.03. The number of aryl methyl sites for hydroxylation is 1. The van der Waals surface area contributed by atoms with E-state index in [2.05, 4.69) is 11.4 Å². The number of rotatable bonds is 11. The van der Waals surface area contributed by atoms with Gasteiger partial charge in [0.25, 0.3) is 5.91 Å². The zero-order chi connectivity index (χ0) is 20.6. The van der Waals surface area contributed by atoms with Gasteiger partial charge in [-0.05, 0) is 42.9 Å². The molecule has 1 unspecified atom stereocenters. The lowest BCUT2D eigenvalue weighted by atomic mass is 9.98. The largest absolute Gasteiger partial charge is 0.396 e. The van der Waals surface area contributed by atoms with Crippen molar-refractivity contribution in [2.45, 2.75) is 83.2 Å². The first-order valence-electron chi connectivity index (χ1n) is 11.0. The van der Waals surface area contributed by atoms with Crippen molar-refractivity contribution in [1.29, 1.82) is 0 Å². The molecule has 158 valence electrons. The van der Waals surface area contributed by atoms with Gasteiger partial charge in [-0.1, -0.05) is 50.7 Å². The van der Waals surface area contributed by atoms with Crippen LogP contribution in [0.2, 0.25) is 0 Å². The van der Waals surface area contributed by atoms with E-state index in [0.717, 1.165) is 31.2 Å². The number of aliphatic hydroxyl groups excluding tert-OH is 1. The van der Waals surface area contributed by atoms with Gasteiger partial charge in [0.1, 0.15) is 6.04 Å². The molecule has 29 heavy (non-hydrogen) atoms. The number of hydrogen-bond donors (Lipinski definition) is 2. The summed E-state index contributed by atoms with van der Waals surface area (Å²) in [5.74, 6) is -0.716. The smallest absolute Gasteiger partial charge is 0.255 e.